The highest BCUT2D eigenvalue weighted by atomic mass is 32.2. The number of Topliss-reactive ketones (excluding diaryl/α,β-unsaturated/α-hetero) is 1. The van der Waals surface area contributed by atoms with E-state index in [1.165, 1.54) is 18.7 Å². The Morgan fingerprint density at radius 2 is 1.85 bits per heavy atom. The van der Waals surface area contributed by atoms with Crippen molar-refractivity contribution in [1.29, 1.82) is 0 Å². The zero-order chi connectivity index (χ0) is 24.0. The monoisotopic (exact) mass is 467 g/mol. The molecular formula is C21H21N7O4S. The Kier molecular flexibility index (Phi) is 5.54. The predicted molar refractivity (Wildman–Crippen MR) is 126 cm³/mol. The average molecular weight is 468 g/mol. The molecule has 4 aromatic rings. The molecule has 0 saturated carbocycles. The number of aromatic nitrogens is 6. The van der Waals surface area contributed by atoms with Crippen molar-refractivity contribution in [3.63, 3.8) is 0 Å². The number of ketones is 1. The highest BCUT2D eigenvalue weighted by Gasteiger charge is 2.27. The smallest absolute Gasteiger partial charge is 0.332 e. The van der Waals surface area contributed by atoms with Crippen LogP contribution in [0, 0.1) is 0 Å². The van der Waals surface area contributed by atoms with Crippen molar-refractivity contribution in [2.75, 3.05) is 5.73 Å². The van der Waals surface area contributed by atoms with E-state index in [1.807, 2.05) is 0 Å². The molecule has 170 valence electrons. The Morgan fingerprint density at radius 3 is 2.55 bits per heavy atom. The van der Waals surface area contributed by atoms with Gasteiger partial charge in [0, 0.05) is 20.6 Å². The zero-order valence-corrected chi connectivity index (χ0v) is 19.0. The first-order valence-corrected chi connectivity index (χ1v) is 10.8. The highest BCUT2D eigenvalue weighted by molar-refractivity contribution is 8.00. The molecule has 2 N–H and O–H groups in total. The van der Waals surface area contributed by atoms with Crippen LogP contribution in [0.1, 0.15) is 17.3 Å². The highest BCUT2D eigenvalue weighted by Crippen LogP contribution is 2.27. The van der Waals surface area contributed by atoms with Crippen LogP contribution in [0.3, 0.4) is 0 Å². The molecule has 0 saturated heterocycles. The van der Waals surface area contributed by atoms with Gasteiger partial charge in [-0.15, -0.1) is 16.8 Å². The number of hydrogen-bond donors (Lipinski definition) is 1. The van der Waals surface area contributed by atoms with Crippen molar-refractivity contribution in [3.8, 4) is 0 Å². The van der Waals surface area contributed by atoms with Gasteiger partial charge in [-0.05, 0) is 19.1 Å². The lowest BCUT2D eigenvalue weighted by Gasteiger charge is -2.14. The van der Waals surface area contributed by atoms with Crippen molar-refractivity contribution in [3.05, 3.63) is 73.7 Å². The van der Waals surface area contributed by atoms with Crippen LogP contribution in [0.25, 0.3) is 16.7 Å². The number of nitrogen functional groups attached to an aromatic ring is 1. The van der Waals surface area contributed by atoms with Crippen LogP contribution in [-0.4, -0.2) is 39.3 Å². The lowest BCUT2D eigenvalue weighted by atomic mass is 10.1. The molecular weight excluding hydrogens is 446 g/mol. The van der Waals surface area contributed by atoms with Crippen molar-refractivity contribution in [2.24, 2.45) is 14.1 Å². The summed E-state index contributed by atoms with van der Waals surface area (Å²) in [6, 6.07) is 7.02. The van der Waals surface area contributed by atoms with Crippen molar-refractivity contribution in [2.45, 2.75) is 23.9 Å². The van der Waals surface area contributed by atoms with Crippen molar-refractivity contribution >= 4 is 40.0 Å². The molecule has 0 fully saturated rings. The Hall–Kier alpha value is -3.93. The molecule has 1 unspecified atom stereocenters. The number of hydrogen-bond acceptors (Lipinski definition) is 8. The second-order valence-electron chi connectivity index (χ2n) is 7.43. The van der Waals surface area contributed by atoms with E-state index in [-0.39, 0.29) is 23.5 Å². The van der Waals surface area contributed by atoms with Crippen LogP contribution < -0.4 is 22.5 Å². The third-order valence-electron chi connectivity index (χ3n) is 5.40. The molecule has 1 aromatic carbocycles. The van der Waals surface area contributed by atoms with Gasteiger partial charge in [-0.2, -0.15) is 0 Å². The van der Waals surface area contributed by atoms with Crippen LogP contribution in [-0.2, 0) is 20.6 Å². The maximum absolute atomic E-state index is 13.2. The minimum Gasteiger partial charge on any atom is -0.384 e. The number of nitrogens with two attached hydrogens (primary N) is 1. The van der Waals surface area contributed by atoms with E-state index >= 15 is 0 Å². The molecule has 0 bridgehead atoms. The first kappa shape index (κ1) is 22.3. The molecule has 12 heteroatoms. The number of allylic oxidation sites excluding steroid dienone is 1. The molecule has 33 heavy (non-hydrogen) atoms. The van der Waals surface area contributed by atoms with E-state index < -0.39 is 22.3 Å². The van der Waals surface area contributed by atoms with Gasteiger partial charge in [0.15, 0.2) is 10.9 Å². The number of nitrogens with zero attached hydrogens (tertiary/aromatic N) is 6. The summed E-state index contributed by atoms with van der Waals surface area (Å²) < 4.78 is 5.03. The number of thioether (sulfide) groups is 1. The predicted octanol–water partition coefficient (Wildman–Crippen LogP) is 0.573. The van der Waals surface area contributed by atoms with Crippen LogP contribution in [0.5, 0.6) is 0 Å². The van der Waals surface area contributed by atoms with Crippen LogP contribution in [0.2, 0.25) is 0 Å². The molecule has 0 spiro atoms. The fourth-order valence-corrected chi connectivity index (χ4v) is 4.52. The summed E-state index contributed by atoms with van der Waals surface area (Å²) >= 11 is 1.07. The normalized spacial score (nSPS) is 12.3. The van der Waals surface area contributed by atoms with E-state index in [1.54, 1.807) is 41.7 Å². The van der Waals surface area contributed by atoms with Crippen LogP contribution in [0.4, 0.5) is 5.82 Å². The summed E-state index contributed by atoms with van der Waals surface area (Å²) in [5.74, 6) is -0.440. The van der Waals surface area contributed by atoms with Gasteiger partial charge in [0.05, 0.1) is 16.2 Å². The second-order valence-corrected chi connectivity index (χ2v) is 8.74. The van der Waals surface area contributed by atoms with Gasteiger partial charge in [0.2, 0.25) is 5.78 Å². The van der Waals surface area contributed by atoms with Gasteiger partial charge in [-0.1, -0.05) is 30.0 Å². The number of benzene rings is 1. The Morgan fingerprint density at radius 1 is 1.15 bits per heavy atom. The van der Waals surface area contributed by atoms with Crippen LogP contribution in [0.15, 0.2) is 56.5 Å². The van der Waals surface area contributed by atoms with Gasteiger partial charge in [-0.3, -0.25) is 32.5 Å². The summed E-state index contributed by atoms with van der Waals surface area (Å²) in [4.78, 5) is 50.8. The molecule has 0 amide bonds. The molecule has 3 heterocycles. The van der Waals surface area contributed by atoms with E-state index in [2.05, 4.69) is 16.8 Å². The number of carbonyl (C=O) groups excluding carboxylic acids is 1. The number of anilines is 1. The quantitative estimate of drug-likeness (QED) is 0.247. The zero-order valence-electron chi connectivity index (χ0n) is 18.2. The number of para-hydroxylation sites is 1. The second kappa shape index (κ2) is 8.20. The summed E-state index contributed by atoms with van der Waals surface area (Å²) in [6.07, 6.45) is 1.59. The molecule has 0 radical (unpaired) electrons. The van der Waals surface area contributed by atoms with Crippen molar-refractivity contribution < 1.29 is 4.79 Å². The largest absolute Gasteiger partial charge is 0.384 e. The van der Waals surface area contributed by atoms with E-state index in [4.69, 9.17) is 5.73 Å². The lowest BCUT2D eigenvalue weighted by molar-refractivity contribution is 0.0992. The molecule has 11 nitrogen and oxygen atoms in total. The number of carbonyl (C=O) groups is 1. The first-order valence-electron chi connectivity index (χ1n) is 9.93. The fourth-order valence-electron chi connectivity index (χ4n) is 3.61. The summed E-state index contributed by atoms with van der Waals surface area (Å²) in [6.45, 7) is 5.54. The Balaban J connectivity index is 1.85. The standard InChI is InChI=1S/C21H21N7O4S/c1-5-10-27-17(30)12-8-6-7-9-13(12)28-19(27)23-24-20(28)33-11(2)15(29)14-16(22)25(3)21(32)26(4)18(14)31/h5-9,11H,1,10,22H2,2-4H3. The van der Waals surface area contributed by atoms with Gasteiger partial charge in [-0.25, -0.2) is 4.79 Å². The van der Waals surface area contributed by atoms with E-state index in [0.717, 1.165) is 20.9 Å². The Labute approximate surface area is 190 Å². The van der Waals surface area contributed by atoms with E-state index in [0.29, 0.717) is 21.8 Å². The molecule has 1 atom stereocenters. The topological polar surface area (TPSA) is 139 Å². The minimum atomic E-state index is -0.788. The molecule has 4 rings (SSSR count). The number of rotatable bonds is 6. The third-order valence-corrected chi connectivity index (χ3v) is 6.44. The number of fused-ring (bicyclic) bond motifs is 3. The Bertz CT molecular complexity index is 1630. The summed E-state index contributed by atoms with van der Waals surface area (Å²) in [5, 5.41) is 8.40. The van der Waals surface area contributed by atoms with Gasteiger partial charge in [0.1, 0.15) is 11.4 Å². The minimum absolute atomic E-state index is 0.197. The van der Waals surface area contributed by atoms with Gasteiger partial charge in [0.25, 0.3) is 11.1 Å². The fraction of sp³-hybridized carbons (Fsp3) is 0.238. The maximum atomic E-state index is 13.2. The maximum Gasteiger partial charge on any atom is 0.332 e. The lowest BCUT2D eigenvalue weighted by Crippen LogP contribution is -2.42. The average Bonchev–Trinajstić information content (AvgIpc) is 3.22. The third kappa shape index (κ3) is 3.39. The first-order chi connectivity index (χ1) is 15.7. The molecule has 3 aromatic heterocycles. The van der Waals surface area contributed by atoms with Crippen molar-refractivity contribution in [1.82, 2.24) is 28.3 Å². The molecule has 0 aliphatic heterocycles. The van der Waals surface area contributed by atoms with Crippen LogP contribution >= 0.6 is 11.8 Å². The van der Waals surface area contributed by atoms with Gasteiger partial charge < -0.3 is 5.73 Å². The molecule has 0 aliphatic rings. The van der Waals surface area contributed by atoms with E-state index in [9.17, 15) is 19.2 Å². The summed E-state index contributed by atoms with van der Waals surface area (Å²) in [7, 11) is 2.68. The van der Waals surface area contributed by atoms with Gasteiger partial charge >= 0.3 is 5.69 Å². The molecule has 0 aliphatic carbocycles. The summed E-state index contributed by atoms with van der Waals surface area (Å²) in [5.41, 5.74) is 4.65. The SMILES string of the molecule is C=CCn1c(=O)c2ccccc2n2c(SC(C)C(=O)c3c(N)n(C)c(=O)n(C)c3=O)nnc12.